The topological polar surface area (TPSA) is 20.2 Å². The Balaban J connectivity index is 3.17. The fourth-order valence-corrected chi connectivity index (χ4v) is 3.46. The summed E-state index contributed by atoms with van der Waals surface area (Å²) in [6.45, 7) is 4.94. The van der Waals surface area contributed by atoms with Crippen molar-refractivity contribution >= 4 is 0 Å². The van der Waals surface area contributed by atoms with Crippen LogP contribution >= 0.6 is 0 Å². The first-order chi connectivity index (χ1) is 11.3. The molecule has 0 rings (SSSR count). The van der Waals surface area contributed by atoms with Gasteiger partial charge in [-0.2, -0.15) is 0 Å². The molecule has 0 amide bonds. The van der Waals surface area contributed by atoms with Crippen molar-refractivity contribution < 1.29 is 5.11 Å². The van der Waals surface area contributed by atoms with Gasteiger partial charge in [-0.25, -0.2) is 0 Å². The van der Waals surface area contributed by atoms with E-state index >= 15 is 0 Å². The zero-order valence-corrected chi connectivity index (χ0v) is 16.5. The Morgan fingerprint density at radius 2 is 0.783 bits per heavy atom. The minimum atomic E-state index is 0.405. The summed E-state index contributed by atoms with van der Waals surface area (Å²) in [5.74, 6) is 0.578. The Morgan fingerprint density at radius 3 is 1.17 bits per heavy atom. The molecule has 0 saturated carbocycles. The van der Waals surface area contributed by atoms with E-state index < -0.39 is 0 Å². The summed E-state index contributed by atoms with van der Waals surface area (Å²) in [6, 6.07) is 0. The van der Waals surface area contributed by atoms with Gasteiger partial charge in [-0.1, -0.05) is 117 Å². The van der Waals surface area contributed by atoms with E-state index in [-0.39, 0.29) is 0 Å². The molecule has 1 unspecified atom stereocenters. The number of aliphatic hydroxyl groups excluding tert-OH is 1. The second kappa shape index (κ2) is 20.0. The first-order valence-electron chi connectivity index (χ1n) is 11.0. The highest BCUT2D eigenvalue weighted by Crippen LogP contribution is 2.18. The third-order valence-electron chi connectivity index (χ3n) is 5.19. The molecule has 0 spiro atoms. The smallest absolute Gasteiger partial charge is 0.0459 e. The average molecular weight is 327 g/mol. The van der Waals surface area contributed by atoms with Crippen LogP contribution in [0.1, 0.15) is 129 Å². The lowest BCUT2D eigenvalue weighted by atomic mass is 9.95. The van der Waals surface area contributed by atoms with Crippen LogP contribution in [0, 0.1) is 5.92 Å². The molecule has 0 aromatic heterocycles. The van der Waals surface area contributed by atoms with E-state index in [1.165, 1.54) is 116 Å². The van der Waals surface area contributed by atoms with E-state index in [1.54, 1.807) is 0 Å². The number of aliphatic hydroxyl groups is 1. The van der Waals surface area contributed by atoms with Crippen LogP contribution in [0.25, 0.3) is 0 Å². The van der Waals surface area contributed by atoms with Crippen LogP contribution in [-0.2, 0) is 0 Å². The van der Waals surface area contributed by atoms with Crippen LogP contribution in [0.3, 0.4) is 0 Å². The summed E-state index contributed by atoms with van der Waals surface area (Å²) in [5, 5.41) is 9.42. The summed E-state index contributed by atoms with van der Waals surface area (Å²) in [4.78, 5) is 0. The molecule has 0 aromatic rings. The molecule has 0 aliphatic carbocycles. The Kier molecular flexibility index (Phi) is 20.0. The average Bonchev–Trinajstić information content (AvgIpc) is 2.57. The lowest BCUT2D eigenvalue weighted by molar-refractivity contribution is 0.204. The molecule has 0 bridgehead atoms. The van der Waals surface area contributed by atoms with E-state index in [4.69, 9.17) is 0 Å². The Hall–Kier alpha value is -0.0400. The van der Waals surface area contributed by atoms with E-state index in [0.717, 1.165) is 0 Å². The van der Waals surface area contributed by atoms with Gasteiger partial charge in [-0.05, 0) is 18.8 Å². The van der Waals surface area contributed by atoms with Crippen molar-refractivity contribution in [1.29, 1.82) is 0 Å². The second-order valence-corrected chi connectivity index (χ2v) is 7.58. The van der Waals surface area contributed by atoms with Crippen molar-refractivity contribution in [2.45, 2.75) is 129 Å². The molecule has 23 heavy (non-hydrogen) atoms. The molecule has 1 heteroatoms. The standard InChI is InChI=1S/C22H46O/c1-3-5-7-8-9-10-11-12-13-14-15-16-18-20-22(21-23)19-17-6-4-2/h22-23H,3-21H2,1-2H3. The van der Waals surface area contributed by atoms with E-state index in [1.807, 2.05) is 0 Å². The molecule has 0 fully saturated rings. The lowest BCUT2D eigenvalue weighted by Gasteiger charge is -2.13. The van der Waals surface area contributed by atoms with Crippen LogP contribution in [0.2, 0.25) is 0 Å². The summed E-state index contributed by atoms with van der Waals surface area (Å²) in [5.41, 5.74) is 0. The molecule has 1 N–H and O–H groups in total. The highest BCUT2D eigenvalue weighted by Gasteiger charge is 2.06. The number of hydrogen-bond acceptors (Lipinski definition) is 1. The van der Waals surface area contributed by atoms with Gasteiger partial charge in [0.15, 0.2) is 0 Å². The first kappa shape index (κ1) is 23.0. The fourth-order valence-electron chi connectivity index (χ4n) is 3.46. The Morgan fingerprint density at radius 1 is 0.478 bits per heavy atom. The van der Waals surface area contributed by atoms with Crippen LogP contribution in [0.4, 0.5) is 0 Å². The quantitative estimate of drug-likeness (QED) is 0.242. The van der Waals surface area contributed by atoms with Crippen LogP contribution in [0.15, 0.2) is 0 Å². The first-order valence-corrected chi connectivity index (χ1v) is 11.0. The van der Waals surface area contributed by atoms with Gasteiger partial charge in [-0.15, -0.1) is 0 Å². The number of rotatable bonds is 19. The van der Waals surface area contributed by atoms with Crippen LogP contribution in [-0.4, -0.2) is 11.7 Å². The van der Waals surface area contributed by atoms with Crippen molar-refractivity contribution in [3.05, 3.63) is 0 Å². The molecule has 1 nitrogen and oxygen atoms in total. The minimum absolute atomic E-state index is 0.405. The monoisotopic (exact) mass is 326 g/mol. The predicted octanol–water partition coefficient (Wildman–Crippen LogP) is 7.66. The SMILES string of the molecule is CCCCCCCCCCCCCCCC(CO)CCCCC. The van der Waals surface area contributed by atoms with Gasteiger partial charge in [0, 0.05) is 6.61 Å². The molecule has 0 saturated heterocycles. The number of hydrogen-bond donors (Lipinski definition) is 1. The Bertz CT molecular complexity index is 202. The van der Waals surface area contributed by atoms with Gasteiger partial charge in [-0.3, -0.25) is 0 Å². The van der Waals surface area contributed by atoms with Crippen LogP contribution in [0.5, 0.6) is 0 Å². The molecule has 0 heterocycles. The summed E-state index contributed by atoms with van der Waals surface area (Å²) < 4.78 is 0. The maximum absolute atomic E-state index is 9.42. The molecule has 0 aromatic carbocycles. The zero-order valence-electron chi connectivity index (χ0n) is 16.5. The van der Waals surface area contributed by atoms with E-state index in [2.05, 4.69) is 13.8 Å². The largest absolute Gasteiger partial charge is 0.396 e. The van der Waals surface area contributed by atoms with Crippen molar-refractivity contribution in [2.75, 3.05) is 6.61 Å². The van der Waals surface area contributed by atoms with Crippen molar-refractivity contribution in [1.82, 2.24) is 0 Å². The molecule has 0 radical (unpaired) electrons. The summed E-state index contributed by atoms with van der Waals surface area (Å²) in [7, 11) is 0. The molecular formula is C22H46O. The zero-order chi connectivity index (χ0) is 17.0. The number of unbranched alkanes of at least 4 members (excludes halogenated alkanes) is 14. The maximum Gasteiger partial charge on any atom is 0.0459 e. The van der Waals surface area contributed by atoms with E-state index in [0.29, 0.717) is 12.5 Å². The van der Waals surface area contributed by atoms with Gasteiger partial charge >= 0.3 is 0 Å². The van der Waals surface area contributed by atoms with Gasteiger partial charge < -0.3 is 5.11 Å². The fraction of sp³-hybridized carbons (Fsp3) is 1.00. The normalized spacial score (nSPS) is 12.7. The summed E-state index contributed by atoms with van der Waals surface area (Å²) in [6.07, 6.45) is 24.9. The van der Waals surface area contributed by atoms with Crippen molar-refractivity contribution in [3.8, 4) is 0 Å². The second-order valence-electron chi connectivity index (χ2n) is 7.58. The predicted molar refractivity (Wildman–Crippen MR) is 105 cm³/mol. The van der Waals surface area contributed by atoms with Gasteiger partial charge in [0.25, 0.3) is 0 Å². The maximum atomic E-state index is 9.42. The highest BCUT2D eigenvalue weighted by atomic mass is 16.3. The minimum Gasteiger partial charge on any atom is -0.396 e. The Labute approximate surface area is 147 Å². The van der Waals surface area contributed by atoms with Crippen LogP contribution < -0.4 is 0 Å². The molecular weight excluding hydrogens is 280 g/mol. The molecule has 0 aliphatic heterocycles. The van der Waals surface area contributed by atoms with Gasteiger partial charge in [0.05, 0.1) is 0 Å². The van der Waals surface area contributed by atoms with Gasteiger partial charge in [0.2, 0.25) is 0 Å². The molecule has 1 atom stereocenters. The van der Waals surface area contributed by atoms with Crippen molar-refractivity contribution in [2.24, 2.45) is 5.92 Å². The lowest BCUT2D eigenvalue weighted by Crippen LogP contribution is -2.05. The molecule has 0 aliphatic rings. The van der Waals surface area contributed by atoms with Gasteiger partial charge in [0.1, 0.15) is 0 Å². The van der Waals surface area contributed by atoms with E-state index in [9.17, 15) is 5.11 Å². The third-order valence-corrected chi connectivity index (χ3v) is 5.19. The highest BCUT2D eigenvalue weighted by molar-refractivity contribution is 4.59. The summed E-state index contributed by atoms with van der Waals surface area (Å²) >= 11 is 0. The molecule has 140 valence electrons. The van der Waals surface area contributed by atoms with Crippen molar-refractivity contribution in [3.63, 3.8) is 0 Å². The third kappa shape index (κ3) is 18.1.